The predicted molar refractivity (Wildman–Crippen MR) is 108 cm³/mol. The Bertz CT molecular complexity index is 1140. The van der Waals surface area contributed by atoms with Gasteiger partial charge in [0, 0.05) is 30.8 Å². The molecule has 0 saturated carbocycles. The quantitative estimate of drug-likeness (QED) is 0.508. The van der Waals surface area contributed by atoms with E-state index in [1.54, 1.807) is 0 Å². The molecule has 2 aromatic carbocycles. The van der Waals surface area contributed by atoms with E-state index < -0.39 is 0 Å². The average Bonchev–Trinajstić information content (AvgIpc) is 3.06. The van der Waals surface area contributed by atoms with Crippen molar-refractivity contribution >= 4 is 28.6 Å². The number of aromatic nitrogens is 5. The van der Waals surface area contributed by atoms with Crippen LogP contribution < -0.4 is 5.73 Å². The predicted octanol–water partition coefficient (Wildman–Crippen LogP) is 2.99. The Morgan fingerprint density at radius 1 is 1.04 bits per heavy atom. The number of nitrogens with two attached hydrogens (primary N) is 1. The number of rotatable bonds is 6. The number of carbonyl (C=O) groups excluding carboxylic acids is 1. The van der Waals surface area contributed by atoms with Crippen molar-refractivity contribution < 1.29 is 4.79 Å². The van der Waals surface area contributed by atoms with Crippen molar-refractivity contribution in [3.05, 3.63) is 60.4 Å². The summed E-state index contributed by atoms with van der Waals surface area (Å²) in [5.74, 6) is 1.02. The molecule has 28 heavy (non-hydrogen) atoms. The van der Waals surface area contributed by atoms with Gasteiger partial charge in [-0.1, -0.05) is 48.5 Å². The van der Waals surface area contributed by atoms with E-state index in [-0.39, 0.29) is 12.3 Å². The molecule has 2 heterocycles. The van der Waals surface area contributed by atoms with Crippen molar-refractivity contribution in [3.8, 4) is 11.4 Å². The van der Waals surface area contributed by atoms with Crippen molar-refractivity contribution in [2.45, 2.75) is 23.0 Å². The maximum atomic E-state index is 11.0. The Labute approximate surface area is 166 Å². The van der Waals surface area contributed by atoms with Gasteiger partial charge in [0.25, 0.3) is 0 Å². The molecule has 2 aromatic heterocycles. The number of amides is 1. The van der Waals surface area contributed by atoms with Gasteiger partial charge in [0.15, 0.2) is 11.0 Å². The minimum absolute atomic E-state index is 0.241. The van der Waals surface area contributed by atoms with Crippen molar-refractivity contribution in [1.29, 1.82) is 0 Å². The van der Waals surface area contributed by atoms with Gasteiger partial charge in [-0.2, -0.15) is 0 Å². The highest BCUT2D eigenvalue weighted by Gasteiger charge is 2.15. The normalized spacial score (nSPS) is 11.0. The van der Waals surface area contributed by atoms with E-state index in [9.17, 15) is 4.79 Å². The summed E-state index contributed by atoms with van der Waals surface area (Å²) in [5.41, 5.74) is 7.06. The highest BCUT2D eigenvalue weighted by atomic mass is 32.2. The molecule has 7 nitrogen and oxygen atoms in total. The molecule has 0 unspecified atom stereocenters. The summed E-state index contributed by atoms with van der Waals surface area (Å²) in [7, 11) is 1.88. The first kappa shape index (κ1) is 18.1. The molecule has 0 radical (unpaired) electrons. The summed E-state index contributed by atoms with van der Waals surface area (Å²) < 4.78 is 1.87. The van der Waals surface area contributed by atoms with Gasteiger partial charge in [0.1, 0.15) is 10.9 Å². The van der Waals surface area contributed by atoms with Gasteiger partial charge in [-0.05, 0) is 17.8 Å². The molecule has 0 aliphatic carbocycles. The van der Waals surface area contributed by atoms with E-state index in [1.165, 1.54) is 11.8 Å². The smallest absolute Gasteiger partial charge is 0.217 e. The van der Waals surface area contributed by atoms with Gasteiger partial charge >= 0.3 is 0 Å². The Balaban J connectivity index is 1.73. The first-order chi connectivity index (χ1) is 13.6. The van der Waals surface area contributed by atoms with E-state index in [1.807, 2.05) is 66.2 Å². The van der Waals surface area contributed by atoms with Crippen molar-refractivity contribution in [2.75, 3.05) is 0 Å². The number of benzene rings is 2. The topological polar surface area (TPSA) is 99.6 Å². The first-order valence-corrected chi connectivity index (χ1v) is 9.60. The fraction of sp³-hybridized carbons (Fsp3) is 0.150. The molecule has 0 aliphatic rings. The van der Waals surface area contributed by atoms with Crippen LogP contribution in [0.2, 0.25) is 0 Å². The third-order valence-electron chi connectivity index (χ3n) is 4.31. The SMILES string of the molecule is Cn1c(CCC(N)=O)nnc1Sc1nc(-c2ccccc2)nc2ccccc12. The molecule has 1 amide bonds. The van der Waals surface area contributed by atoms with Gasteiger partial charge in [-0.15, -0.1) is 10.2 Å². The lowest BCUT2D eigenvalue weighted by molar-refractivity contribution is -0.118. The minimum atomic E-state index is -0.355. The van der Waals surface area contributed by atoms with Crippen LogP contribution in [0.25, 0.3) is 22.3 Å². The van der Waals surface area contributed by atoms with E-state index in [0.29, 0.717) is 23.2 Å². The lowest BCUT2D eigenvalue weighted by Crippen LogP contribution is -2.12. The summed E-state index contributed by atoms with van der Waals surface area (Å²) in [6, 6.07) is 17.8. The lowest BCUT2D eigenvalue weighted by atomic mass is 10.2. The Hall–Kier alpha value is -3.26. The molecule has 4 rings (SSSR count). The molecule has 0 atom stereocenters. The second-order valence-corrected chi connectivity index (χ2v) is 7.22. The molecule has 0 bridgehead atoms. The lowest BCUT2D eigenvalue weighted by Gasteiger charge is -2.08. The van der Waals surface area contributed by atoms with Gasteiger partial charge in [-0.25, -0.2) is 9.97 Å². The maximum Gasteiger partial charge on any atom is 0.217 e. The second kappa shape index (κ2) is 7.77. The molecular weight excluding hydrogens is 372 g/mol. The van der Waals surface area contributed by atoms with Crippen LogP contribution >= 0.6 is 11.8 Å². The highest BCUT2D eigenvalue weighted by molar-refractivity contribution is 7.99. The summed E-state index contributed by atoms with van der Waals surface area (Å²) in [6.45, 7) is 0. The number of para-hydroxylation sites is 1. The number of carbonyl (C=O) groups is 1. The van der Waals surface area contributed by atoms with Crippen molar-refractivity contribution in [2.24, 2.45) is 12.8 Å². The molecule has 2 N–H and O–H groups in total. The number of nitrogens with zero attached hydrogens (tertiary/aromatic N) is 5. The van der Waals surface area contributed by atoms with Crippen LogP contribution in [0.3, 0.4) is 0 Å². The van der Waals surface area contributed by atoms with Crippen LogP contribution in [0.15, 0.2) is 64.8 Å². The zero-order valence-corrected chi connectivity index (χ0v) is 16.1. The number of primary amides is 1. The Morgan fingerprint density at radius 3 is 2.57 bits per heavy atom. The Kier molecular flexibility index (Phi) is 5.03. The zero-order valence-electron chi connectivity index (χ0n) is 15.2. The van der Waals surface area contributed by atoms with Crippen LogP contribution in [-0.2, 0) is 18.3 Å². The molecule has 140 valence electrons. The fourth-order valence-electron chi connectivity index (χ4n) is 2.81. The largest absolute Gasteiger partial charge is 0.370 e. The van der Waals surface area contributed by atoms with Crippen LogP contribution in [0, 0.1) is 0 Å². The summed E-state index contributed by atoms with van der Waals surface area (Å²) in [5, 5.41) is 10.9. The fourth-order valence-corrected chi connectivity index (χ4v) is 3.73. The molecular formula is C20H18N6OS. The van der Waals surface area contributed by atoms with E-state index in [0.717, 1.165) is 21.5 Å². The van der Waals surface area contributed by atoms with Crippen molar-refractivity contribution in [1.82, 2.24) is 24.7 Å². The molecule has 0 saturated heterocycles. The van der Waals surface area contributed by atoms with Crippen LogP contribution in [0.1, 0.15) is 12.2 Å². The number of fused-ring (bicyclic) bond motifs is 1. The first-order valence-electron chi connectivity index (χ1n) is 8.78. The third-order valence-corrected chi connectivity index (χ3v) is 5.35. The third kappa shape index (κ3) is 3.72. The van der Waals surface area contributed by atoms with Gasteiger partial charge in [0.2, 0.25) is 5.91 Å². The van der Waals surface area contributed by atoms with E-state index in [4.69, 9.17) is 15.7 Å². The van der Waals surface area contributed by atoms with Gasteiger partial charge in [0.05, 0.1) is 5.52 Å². The van der Waals surface area contributed by atoms with Crippen LogP contribution in [0.4, 0.5) is 0 Å². The summed E-state index contributed by atoms with van der Waals surface area (Å²) in [6.07, 6.45) is 0.699. The highest BCUT2D eigenvalue weighted by Crippen LogP contribution is 2.32. The van der Waals surface area contributed by atoms with E-state index >= 15 is 0 Å². The van der Waals surface area contributed by atoms with Crippen LogP contribution in [-0.4, -0.2) is 30.6 Å². The van der Waals surface area contributed by atoms with Crippen LogP contribution in [0.5, 0.6) is 0 Å². The minimum Gasteiger partial charge on any atom is -0.370 e. The molecule has 0 spiro atoms. The number of hydrogen-bond acceptors (Lipinski definition) is 6. The zero-order chi connectivity index (χ0) is 19.5. The molecule has 0 aliphatic heterocycles. The van der Waals surface area contributed by atoms with Gasteiger partial charge in [-0.3, -0.25) is 4.79 Å². The maximum absolute atomic E-state index is 11.0. The van der Waals surface area contributed by atoms with Crippen molar-refractivity contribution in [3.63, 3.8) is 0 Å². The molecule has 0 fully saturated rings. The second-order valence-electron chi connectivity index (χ2n) is 6.26. The average molecular weight is 390 g/mol. The summed E-state index contributed by atoms with van der Waals surface area (Å²) in [4.78, 5) is 20.5. The number of aryl methyl sites for hydroxylation is 1. The Morgan fingerprint density at radius 2 is 1.79 bits per heavy atom. The summed E-state index contributed by atoms with van der Waals surface area (Å²) >= 11 is 1.43. The van der Waals surface area contributed by atoms with E-state index in [2.05, 4.69) is 10.2 Å². The standard InChI is InChI=1S/C20H18N6OS/c1-26-17(12-11-16(21)27)24-25-20(26)28-19-14-9-5-6-10-15(14)22-18(23-19)13-7-3-2-4-8-13/h2-10H,11-12H2,1H3,(H2,21,27). The number of hydrogen-bond donors (Lipinski definition) is 1. The monoisotopic (exact) mass is 390 g/mol. The molecule has 8 heteroatoms. The van der Waals surface area contributed by atoms with Gasteiger partial charge < -0.3 is 10.3 Å². The molecule has 4 aromatic rings.